The predicted octanol–water partition coefficient (Wildman–Crippen LogP) is 2.82. The monoisotopic (exact) mass is 343 g/mol. The first kappa shape index (κ1) is 15.7. The molecule has 0 aromatic heterocycles. The van der Waals surface area contributed by atoms with Crippen molar-refractivity contribution in [1.82, 2.24) is 15.5 Å². The molecule has 2 amide bonds. The molecule has 2 atom stereocenters. The van der Waals surface area contributed by atoms with Gasteiger partial charge in [-0.2, -0.15) is 0 Å². The molecule has 120 valence electrons. The second kappa shape index (κ2) is 6.52. The van der Waals surface area contributed by atoms with Crippen LogP contribution in [-0.4, -0.2) is 43.7 Å². The van der Waals surface area contributed by atoms with Gasteiger partial charge in [-0.3, -0.25) is 0 Å². The van der Waals surface area contributed by atoms with Crippen molar-refractivity contribution in [3.05, 3.63) is 27.7 Å². The van der Waals surface area contributed by atoms with Gasteiger partial charge in [-0.05, 0) is 31.5 Å². The Morgan fingerprint density at radius 3 is 2.77 bits per heavy atom. The van der Waals surface area contributed by atoms with E-state index in [1.807, 2.05) is 4.90 Å². The number of carbonyl (C=O) groups is 1. The van der Waals surface area contributed by atoms with Crippen LogP contribution in [0.5, 0.6) is 5.75 Å². The van der Waals surface area contributed by atoms with E-state index in [0.29, 0.717) is 22.3 Å². The maximum atomic E-state index is 12.4. The lowest BCUT2D eigenvalue weighted by Crippen LogP contribution is -2.53. The third-order valence-corrected chi connectivity index (χ3v) is 5.17. The van der Waals surface area contributed by atoms with Gasteiger partial charge in [-0.15, -0.1) is 0 Å². The van der Waals surface area contributed by atoms with Crippen LogP contribution in [0.2, 0.25) is 10.0 Å². The predicted molar refractivity (Wildman–Crippen MR) is 86.9 cm³/mol. The third-order valence-electron chi connectivity index (χ3n) is 4.35. The minimum absolute atomic E-state index is 0.0527. The summed E-state index contributed by atoms with van der Waals surface area (Å²) in [5.74, 6) is 0.649. The highest BCUT2D eigenvalue weighted by Crippen LogP contribution is 2.39. The van der Waals surface area contributed by atoms with Crippen molar-refractivity contribution in [2.24, 2.45) is 0 Å². The Hall–Kier alpha value is -1.17. The highest BCUT2D eigenvalue weighted by Gasteiger charge is 2.34. The van der Waals surface area contributed by atoms with Crippen molar-refractivity contribution in [3.8, 4) is 5.75 Å². The minimum Gasteiger partial charge on any atom is -0.496 e. The zero-order valence-corrected chi connectivity index (χ0v) is 13.9. The fourth-order valence-electron chi connectivity index (χ4n) is 3.20. The molecule has 2 aliphatic rings. The molecule has 1 aromatic rings. The average Bonchev–Trinajstić information content (AvgIpc) is 3.03. The number of halogens is 2. The molecule has 0 radical (unpaired) electrons. The summed E-state index contributed by atoms with van der Waals surface area (Å²) in [4.78, 5) is 14.3. The zero-order chi connectivity index (χ0) is 15.7. The number of rotatable bonds is 3. The molecule has 2 aliphatic heterocycles. The maximum absolute atomic E-state index is 12.4. The van der Waals surface area contributed by atoms with Crippen LogP contribution in [-0.2, 0) is 0 Å². The SMILES string of the molecule is COc1ccc(Cl)c(Cl)c1C1CCN(C2CCNC2)C(=O)N1. The number of hydrogen-bond acceptors (Lipinski definition) is 3. The van der Waals surface area contributed by atoms with E-state index in [1.54, 1.807) is 19.2 Å². The summed E-state index contributed by atoms with van der Waals surface area (Å²) >= 11 is 12.4. The van der Waals surface area contributed by atoms with E-state index in [0.717, 1.165) is 31.5 Å². The second-order valence-electron chi connectivity index (χ2n) is 5.61. The van der Waals surface area contributed by atoms with E-state index in [-0.39, 0.29) is 18.1 Å². The summed E-state index contributed by atoms with van der Waals surface area (Å²) in [5, 5.41) is 7.24. The summed E-state index contributed by atoms with van der Waals surface area (Å²) in [5.41, 5.74) is 0.759. The summed E-state index contributed by atoms with van der Waals surface area (Å²) < 4.78 is 5.38. The van der Waals surface area contributed by atoms with E-state index < -0.39 is 0 Å². The number of amides is 2. The van der Waals surface area contributed by atoms with E-state index >= 15 is 0 Å². The van der Waals surface area contributed by atoms with Crippen molar-refractivity contribution in [2.45, 2.75) is 24.9 Å². The van der Waals surface area contributed by atoms with Gasteiger partial charge in [0.25, 0.3) is 0 Å². The molecule has 22 heavy (non-hydrogen) atoms. The Labute approximate surface area is 139 Å². The first-order chi connectivity index (χ1) is 10.6. The largest absolute Gasteiger partial charge is 0.496 e. The summed E-state index contributed by atoms with van der Waals surface area (Å²) in [6.07, 6.45) is 1.78. The van der Waals surface area contributed by atoms with Crippen molar-refractivity contribution in [3.63, 3.8) is 0 Å². The molecule has 0 saturated carbocycles. The van der Waals surface area contributed by atoms with E-state index in [9.17, 15) is 4.79 Å². The number of benzene rings is 1. The second-order valence-corrected chi connectivity index (χ2v) is 6.39. The normalized spacial score (nSPS) is 25.2. The Morgan fingerprint density at radius 2 is 2.14 bits per heavy atom. The maximum Gasteiger partial charge on any atom is 0.318 e. The van der Waals surface area contributed by atoms with Gasteiger partial charge in [0.1, 0.15) is 5.75 Å². The van der Waals surface area contributed by atoms with Gasteiger partial charge in [0.15, 0.2) is 0 Å². The Bertz CT molecular complexity index is 576. The van der Waals surface area contributed by atoms with Crippen LogP contribution < -0.4 is 15.4 Å². The van der Waals surface area contributed by atoms with Crippen LogP contribution in [0.4, 0.5) is 4.79 Å². The van der Waals surface area contributed by atoms with Crippen LogP contribution in [0.1, 0.15) is 24.4 Å². The topological polar surface area (TPSA) is 53.6 Å². The number of hydrogen-bond donors (Lipinski definition) is 2. The molecule has 7 heteroatoms. The number of carbonyl (C=O) groups excluding carboxylic acids is 1. The zero-order valence-electron chi connectivity index (χ0n) is 12.4. The standard InChI is InChI=1S/C15H19Cl2N3O2/c1-22-12-3-2-10(16)14(17)13(12)11-5-7-20(15(21)19-11)9-4-6-18-8-9/h2-3,9,11,18H,4-8H2,1H3,(H,19,21). The molecule has 2 unspecified atom stereocenters. The first-order valence-electron chi connectivity index (χ1n) is 7.41. The van der Waals surface area contributed by atoms with Crippen LogP contribution in [0, 0.1) is 0 Å². The summed E-state index contributed by atoms with van der Waals surface area (Å²) in [7, 11) is 1.59. The molecule has 2 fully saturated rings. The van der Waals surface area contributed by atoms with Gasteiger partial charge in [-0.1, -0.05) is 23.2 Å². The fourth-order valence-corrected chi connectivity index (χ4v) is 3.65. The first-order valence-corrected chi connectivity index (χ1v) is 8.17. The lowest BCUT2D eigenvalue weighted by Gasteiger charge is -2.37. The molecule has 0 bridgehead atoms. The molecule has 3 rings (SSSR count). The van der Waals surface area contributed by atoms with Crippen LogP contribution in [0.3, 0.4) is 0 Å². The number of nitrogens with zero attached hydrogens (tertiary/aromatic N) is 1. The number of methoxy groups -OCH3 is 1. The Morgan fingerprint density at radius 1 is 1.32 bits per heavy atom. The molecule has 0 spiro atoms. The molecule has 5 nitrogen and oxygen atoms in total. The van der Waals surface area contributed by atoms with Crippen LogP contribution in [0.25, 0.3) is 0 Å². The highest BCUT2D eigenvalue weighted by atomic mass is 35.5. The van der Waals surface area contributed by atoms with Crippen LogP contribution >= 0.6 is 23.2 Å². The third kappa shape index (κ3) is 2.85. The quantitative estimate of drug-likeness (QED) is 0.887. The Balaban J connectivity index is 1.81. The molecular formula is C15H19Cl2N3O2. The van der Waals surface area contributed by atoms with Gasteiger partial charge in [-0.25, -0.2) is 4.79 Å². The minimum atomic E-state index is -0.181. The number of ether oxygens (including phenoxy) is 1. The van der Waals surface area contributed by atoms with Crippen molar-refractivity contribution >= 4 is 29.2 Å². The average molecular weight is 344 g/mol. The molecule has 1 aromatic carbocycles. The van der Waals surface area contributed by atoms with E-state index in [2.05, 4.69) is 10.6 Å². The van der Waals surface area contributed by atoms with Crippen molar-refractivity contribution in [2.75, 3.05) is 26.7 Å². The molecule has 2 N–H and O–H groups in total. The summed E-state index contributed by atoms with van der Waals surface area (Å²) in [6.45, 7) is 2.53. The van der Waals surface area contributed by atoms with Gasteiger partial charge in [0, 0.05) is 24.7 Å². The van der Waals surface area contributed by atoms with Crippen molar-refractivity contribution in [1.29, 1.82) is 0 Å². The van der Waals surface area contributed by atoms with Gasteiger partial charge < -0.3 is 20.3 Å². The lowest BCUT2D eigenvalue weighted by atomic mass is 9.99. The number of urea groups is 1. The smallest absolute Gasteiger partial charge is 0.318 e. The highest BCUT2D eigenvalue weighted by molar-refractivity contribution is 6.42. The number of nitrogens with one attached hydrogen (secondary N) is 2. The fraction of sp³-hybridized carbons (Fsp3) is 0.533. The van der Waals surface area contributed by atoms with E-state index in [4.69, 9.17) is 27.9 Å². The Kier molecular flexibility index (Phi) is 4.66. The van der Waals surface area contributed by atoms with Gasteiger partial charge in [0.05, 0.1) is 23.2 Å². The summed E-state index contributed by atoms with van der Waals surface area (Å²) in [6, 6.07) is 3.52. The van der Waals surface area contributed by atoms with Gasteiger partial charge in [0.2, 0.25) is 0 Å². The molecule has 2 heterocycles. The molecule has 0 aliphatic carbocycles. The van der Waals surface area contributed by atoms with Gasteiger partial charge >= 0.3 is 6.03 Å². The lowest BCUT2D eigenvalue weighted by molar-refractivity contribution is 0.153. The van der Waals surface area contributed by atoms with E-state index in [1.165, 1.54) is 0 Å². The molecule has 2 saturated heterocycles. The van der Waals surface area contributed by atoms with Crippen LogP contribution in [0.15, 0.2) is 12.1 Å². The molecular weight excluding hydrogens is 325 g/mol. The van der Waals surface area contributed by atoms with Crippen molar-refractivity contribution < 1.29 is 9.53 Å².